The molecule has 12 heteroatoms. The molecule has 2 aromatic carbocycles. The minimum atomic E-state index is -4.54. The van der Waals surface area contributed by atoms with Crippen LogP contribution in [0.15, 0.2) is 53.4 Å². The van der Waals surface area contributed by atoms with Crippen LogP contribution in [0.4, 0.5) is 29.3 Å². The molecule has 0 saturated carbocycles. The Kier molecular flexibility index (Phi) is 7.28. The molecule has 1 fully saturated rings. The van der Waals surface area contributed by atoms with Crippen LogP contribution in [0.2, 0.25) is 0 Å². The SMILES string of the molecule is COC(=O)Nc1ccc(S(=O)(=O)N2CCC[C@@H](C(=O)Nc3cccc(C(F)(F)F)c3)C2)cc1. The average Bonchev–Trinajstić information content (AvgIpc) is 2.79. The summed E-state index contributed by atoms with van der Waals surface area (Å²) in [6, 6.07) is 9.73. The summed E-state index contributed by atoms with van der Waals surface area (Å²) in [6.07, 6.45) is -4.42. The highest BCUT2D eigenvalue weighted by molar-refractivity contribution is 7.89. The zero-order valence-electron chi connectivity index (χ0n) is 17.6. The zero-order chi connectivity index (χ0) is 24.2. The average molecular weight is 485 g/mol. The molecule has 0 aliphatic carbocycles. The lowest BCUT2D eigenvalue weighted by molar-refractivity contribution is -0.137. The molecule has 2 N–H and O–H groups in total. The fourth-order valence-electron chi connectivity index (χ4n) is 3.42. The number of piperidine rings is 1. The van der Waals surface area contributed by atoms with Gasteiger partial charge < -0.3 is 10.1 Å². The molecular weight excluding hydrogens is 463 g/mol. The number of ether oxygens (including phenoxy) is 1. The van der Waals surface area contributed by atoms with Gasteiger partial charge in [0, 0.05) is 24.5 Å². The van der Waals surface area contributed by atoms with Gasteiger partial charge in [0.1, 0.15) is 0 Å². The van der Waals surface area contributed by atoms with Crippen LogP contribution < -0.4 is 10.6 Å². The van der Waals surface area contributed by atoms with Crippen LogP contribution in [-0.4, -0.2) is 44.9 Å². The topological polar surface area (TPSA) is 105 Å². The number of amides is 2. The highest BCUT2D eigenvalue weighted by Crippen LogP contribution is 2.31. The molecule has 0 radical (unpaired) electrons. The van der Waals surface area contributed by atoms with Crippen molar-refractivity contribution in [2.24, 2.45) is 5.92 Å². The molecule has 8 nitrogen and oxygen atoms in total. The van der Waals surface area contributed by atoms with Gasteiger partial charge >= 0.3 is 12.3 Å². The van der Waals surface area contributed by atoms with E-state index in [9.17, 15) is 31.2 Å². The summed E-state index contributed by atoms with van der Waals surface area (Å²) >= 11 is 0. The van der Waals surface area contributed by atoms with Crippen molar-refractivity contribution in [2.75, 3.05) is 30.8 Å². The van der Waals surface area contributed by atoms with Gasteiger partial charge in [-0.2, -0.15) is 17.5 Å². The van der Waals surface area contributed by atoms with Crippen LogP contribution in [0.5, 0.6) is 0 Å². The summed E-state index contributed by atoms with van der Waals surface area (Å²) in [4.78, 5) is 23.9. The van der Waals surface area contributed by atoms with Gasteiger partial charge in [-0.25, -0.2) is 13.2 Å². The monoisotopic (exact) mass is 485 g/mol. The number of benzene rings is 2. The number of sulfonamides is 1. The predicted molar refractivity (Wildman–Crippen MR) is 114 cm³/mol. The Morgan fingerprint density at radius 3 is 2.39 bits per heavy atom. The highest BCUT2D eigenvalue weighted by Gasteiger charge is 2.34. The molecular formula is C21H22F3N3O5S. The number of rotatable bonds is 5. The Hall–Kier alpha value is -3.12. The maximum atomic E-state index is 13.0. The first kappa shape index (κ1) is 24.5. The van der Waals surface area contributed by atoms with E-state index in [4.69, 9.17) is 0 Å². The molecule has 1 saturated heterocycles. The number of carbonyl (C=O) groups excluding carboxylic acids is 2. The molecule has 178 valence electrons. The lowest BCUT2D eigenvalue weighted by atomic mass is 9.98. The number of nitrogens with zero attached hydrogens (tertiary/aromatic N) is 1. The summed E-state index contributed by atoms with van der Waals surface area (Å²) in [5.41, 5.74) is -0.556. The molecule has 2 amide bonds. The second-order valence-corrected chi connectivity index (χ2v) is 9.35. The van der Waals surface area contributed by atoms with Crippen molar-refractivity contribution in [1.29, 1.82) is 0 Å². The summed E-state index contributed by atoms with van der Waals surface area (Å²) in [5.74, 6) is -1.27. The smallest absolute Gasteiger partial charge is 0.416 e. The standard InChI is InChI=1S/C21H22F3N3O5S/c1-32-20(29)26-16-7-9-18(10-8-16)33(30,31)27-11-3-4-14(13-27)19(28)25-17-6-2-5-15(12-17)21(22,23)24/h2,5-10,12,14H,3-4,11,13H2,1H3,(H,25,28)(H,26,29)/t14-/m1/s1. The number of carbonyl (C=O) groups is 2. The summed E-state index contributed by atoms with van der Waals surface area (Å²) in [6.45, 7) is 0.104. The minimum Gasteiger partial charge on any atom is -0.453 e. The van der Waals surface area contributed by atoms with Gasteiger partial charge in [-0.1, -0.05) is 6.07 Å². The van der Waals surface area contributed by atoms with Crippen molar-refractivity contribution in [1.82, 2.24) is 4.31 Å². The fraction of sp³-hybridized carbons (Fsp3) is 0.333. The fourth-order valence-corrected chi connectivity index (χ4v) is 4.94. The Labute approximate surface area is 188 Å². The molecule has 0 aromatic heterocycles. The van der Waals surface area contributed by atoms with Crippen LogP contribution in [0.25, 0.3) is 0 Å². The Morgan fingerprint density at radius 2 is 1.76 bits per heavy atom. The van der Waals surface area contributed by atoms with Crippen LogP contribution in [-0.2, 0) is 25.7 Å². The van der Waals surface area contributed by atoms with Gasteiger partial charge in [-0.3, -0.25) is 10.1 Å². The third kappa shape index (κ3) is 6.02. The molecule has 33 heavy (non-hydrogen) atoms. The maximum Gasteiger partial charge on any atom is 0.416 e. The third-order valence-corrected chi connectivity index (χ3v) is 7.02. The van der Waals surface area contributed by atoms with Crippen molar-refractivity contribution >= 4 is 33.4 Å². The molecule has 1 atom stereocenters. The van der Waals surface area contributed by atoms with Gasteiger partial charge in [0.15, 0.2) is 0 Å². The van der Waals surface area contributed by atoms with E-state index in [1.165, 1.54) is 47.8 Å². The Balaban J connectivity index is 1.69. The first-order valence-electron chi connectivity index (χ1n) is 9.94. The van der Waals surface area contributed by atoms with Crippen molar-refractivity contribution in [2.45, 2.75) is 23.9 Å². The Bertz CT molecular complexity index is 1120. The van der Waals surface area contributed by atoms with E-state index in [0.717, 1.165) is 12.1 Å². The third-order valence-electron chi connectivity index (χ3n) is 5.14. The Morgan fingerprint density at radius 1 is 1.06 bits per heavy atom. The molecule has 1 aliphatic heterocycles. The van der Waals surface area contributed by atoms with E-state index in [1.807, 2.05) is 0 Å². The second kappa shape index (κ2) is 9.79. The van der Waals surface area contributed by atoms with E-state index in [-0.39, 0.29) is 23.7 Å². The molecule has 2 aromatic rings. The number of anilines is 2. The van der Waals surface area contributed by atoms with E-state index >= 15 is 0 Å². The lowest BCUT2D eigenvalue weighted by Gasteiger charge is -2.31. The second-order valence-electron chi connectivity index (χ2n) is 7.41. The lowest BCUT2D eigenvalue weighted by Crippen LogP contribution is -2.43. The van der Waals surface area contributed by atoms with Crippen LogP contribution in [0.3, 0.4) is 0 Å². The van der Waals surface area contributed by atoms with Crippen LogP contribution >= 0.6 is 0 Å². The van der Waals surface area contributed by atoms with Crippen LogP contribution in [0, 0.1) is 5.92 Å². The zero-order valence-corrected chi connectivity index (χ0v) is 18.4. The van der Waals surface area contributed by atoms with Gasteiger partial charge in [0.25, 0.3) is 0 Å². The molecule has 1 heterocycles. The number of alkyl halides is 3. The summed E-state index contributed by atoms with van der Waals surface area (Å²) in [5, 5.41) is 4.87. The van der Waals surface area contributed by atoms with Crippen molar-refractivity contribution in [3.8, 4) is 0 Å². The number of nitrogens with one attached hydrogen (secondary N) is 2. The quantitative estimate of drug-likeness (QED) is 0.668. The van der Waals surface area contributed by atoms with E-state index in [0.29, 0.717) is 18.5 Å². The number of hydrogen-bond acceptors (Lipinski definition) is 5. The predicted octanol–water partition coefficient (Wildman–Crippen LogP) is 3.92. The largest absolute Gasteiger partial charge is 0.453 e. The van der Waals surface area contributed by atoms with Crippen molar-refractivity contribution in [3.63, 3.8) is 0 Å². The van der Waals surface area contributed by atoms with E-state index in [1.54, 1.807) is 0 Å². The van der Waals surface area contributed by atoms with E-state index in [2.05, 4.69) is 15.4 Å². The molecule has 0 spiro atoms. The van der Waals surface area contributed by atoms with Gasteiger partial charge in [0.2, 0.25) is 15.9 Å². The number of hydrogen-bond donors (Lipinski definition) is 2. The molecule has 1 aliphatic rings. The maximum absolute atomic E-state index is 13.0. The minimum absolute atomic E-state index is 0.0106. The first-order valence-corrected chi connectivity index (χ1v) is 11.4. The highest BCUT2D eigenvalue weighted by atomic mass is 32.2. The van der Waals surface area contributed by atoms with Crippen LogP contribution in [0.1, 0.15) is 18.4 Å². The first-order chi connectivity index (χ1) is 15.5. The number of halogens is 3. The summed E-state index contributed by atoms with van der Waals surface area (Å²) < 4.78 is 70.4. The summed E-state index contributed by atoms with van der Waals surface area (Å²) in [7, 11) is -2.72. The van der Waals surface area contributed by atoms with Gasteiger partial charge in [0.05, 0.1) is 23.5 Å². The normalized spacial score (nSPS) is 17.3. The van der Waals surface area contributed by atoms with Crippen molar-refractivity contribution in [3.05, 3.63) is 54.1 Å². The van der Waals surface area contributed by atoms with Gasteiger partial charge in [-0.05, 0) is 55.3 Å². The molecule has 0 unspecified atom stereocenters. The van der Waals surface area contributed by atoms with Crippen molar-refractivity contribution < 1.29 is 35.9 Å². The van der Waals surface area contributed by atoms with Gasteiger partial charge in [-0.15, -0.1) is 0 Å². The molecule has 3 rings (SSSR count). The molecule has 0 bridgehead atoms. The van der Waals surface area contributed by atoms with E-state index < -0.39 is 39.7 Å². The number of methoxy groups -OCH3 is 1.